The highest BCUT2D eigenvalue weighted by Gasteiger charge is 2.22. The monoisotopic (exact) mass is 299 g/mol. The zero-order chi connectivity index (χ0) is 16.5. The Morgan fingerprint density at radius 2 is 1.76 bits per heavy atom. The Morgan fingerprint density at radius 1 is 1.14 bits per heavy atom. The number of carbonyl (C=O) groups excluding carboxylic acids is 1. The molecule has 124 valence electrons. The van der Waals surface area contributed by atoms with E-state index < -0.39 is 5.97 Å². The number of amides is 1. The Hall–Kier alpha value is -1.06. The topological polar surface area (TPSA) is 66.4 Å². The molecule has 2 unspecified atom stereocenters. The molecule has 0 aromatic carbocycles. The van der Waals surface area contributed by atoms with Gasteiger partial charge < -0.3 is 10.4 Å². The number of carbonyl (C=O) groups is 2. The van der Waals surface area contributed by atoms with Crippen molar-refractivity contribution in [2.24, 2.45) is 17.3 Å². The first-order chi connectivity index (χ1) is 9.66. The van der Waals surface area contributed by atoms with Crippen molar-refractivity contribution in [3.05, 3.63) is 0 Å². The van der Waals surface area contributed by atoms with Gasteiger partial charge in [0.2, 0.25) is 5.91 Å². The number of hydrogen-bond acceptors (Lipinski definition) is 2. The lowest BCUT2D eigenvalue weighted by molar-refractivity contribution is -0.137. The van der Waals surface area contributed by atoms with E-state index in [4.69, 9.17) is 5.11 Å². The Labute approximate surface area is 129 Å². The van der Waals surface area contributed by atoms with Crippen LogP contribution in [0.15, 0.2) is 0 Å². The van der Waals surface area contributed by atoms with Gasteiger partial charge >= 0.3 is 5.97 Å². The van der Waals surface area contributed by atoms with Crippen molar-refractivity contribution in [1.82, 2.24) is 5.32 Å². The smallest absolute Gasteiger partial charge is 0.303 e. The number of aliphatic carboxylic acids is 1. The van der Waals surface area contributed by atoms with Crippen LogP contribution in [-0.4, -0.2) is 23.5 Å². The molecule has 0 aliphatic rings. The molecular formula is C17H33NO3. The van der Waals surface area contributed by atoms with Crippen molar-refractivity contribution in [3.63, 3.8) is 0 Å². The maximum atomic E-state index is 11.9. The van der Waals surface area contributed by atoms with Gasteiger partial charge in [0.25, 0.3) is 0 Å². The van der Waals surface area contributed by atoms with Crippen LogP contribution in [0.1, 0.15) is 73.1 Å². The summed E-state index contributed by atoms with van der Waals surface area (Å²) in [6.45, 7) is 11.3. The lowest BCUT2D eigenvalue weighted by Gasteiger charge is -2.26. The van der Waals surface area contributed by atoms with E-state index in [1.165, 1.54) is 0 Å². The van der Waals surface area contributed by atoms with Gasteiger partial charge in [0.05, 0.1) is 0 Å². The van der Waals surface area contributed by atoms with Gasteiger partial charge in [0, 0.05) is 19.4 Å². The molecule has 0 bridgehead atoms. The number of rotatable bonds is 10. The molecule has 0 rings (SSSR count). The number of carboxylic acid groups (broad SMARTS) is 1. The summed E-state index contributed by atoms with van der Waals surface area (Å²) in [5.74, 6) is 0.104. The van der Waals surface area contributed by atoms with Crippen LogP contribution in [0.5, 0.6) is 0 Å². The quantitative estimate of drug-likeness (QED) is 0.644. The lowest BCUT2D eigenvalue weighted by Crippen LogP contribution is -2.30. The predicted octanol–water partition coefficient (Wildman–Crippen LogP) is 3.85. The molecule has 0 aliphatic carbocycles. The van der Waals surface area contributed by atoms with Gasteiger partial charge in [-0.05, 0) is 30.1 Å². The van der Waals surface area contributed by atoms with Crippen molar-refractivity contribution in [3.8, 4) is 0 Å². The van der Waals surface area contributed by atoms with Crippen LogP contribution >= 0.6 is 0 Å². The molecule has 2 atom stereocenters. The van der Waals surface area contributed by atoms with Crippen LogP contribution in [0.3, 0.4) is 0 Å². The molecule has 0 spiro atoms. The average molecular weight is 299 g/mol. The fourth-order valence-electron chi connectivity index (χ4n) is 2.24. The van der Waals surface area contributed by atoms with Crippen LogP contribution in [0.25, 0.3) is 0 Å². The second-order valence-electron chi connectivity index (χ2n) is 7.20. The van der Waals surface area contributed by atoms with Crippen molar-refractivity contribution in [2.45, 2.75) is 73.1 Å². The zero-order valence-electron chi connectivity index (χ0n) is 14.4. The van der Waals surface area contributed by atoms with Crippen LogP contribution in [-0.2, 0) is 9.59 Å². The fourth-order valence-corrected chi connectivity index (χ4v) is 2.24. The van der Waals surface area contributed by atoms with E-state index in [1.807, 2.05) is 0 Å². The molecule has 0 fully saturated rings. The van der Waals surface area contributed by atoms with Crippen LogP contribution in [0.4, 0.5) is 0 Å². The molecule has 4 nitrogen and oxygen atoms in total. The first kappa shape index (κ1) is 19.9. The molecule has 0 heterocycles. The third-order valence-corrected chi connectivity index (χ3v) is 4.31. The third kappa shape index (κ3) is 10.3. The van der Waals surface area contributed by atoms with E-state index >= 15 is 0 Å². The summed E-state index contributed by atoms with van der Waals surface area (Å²) in [5.41, 5.74) is 0.142. The van der Waals surface area contributed by atoms with E-state index in [9.17, 15) is 9.59 Å². The first-order valence-electron chi connectivity index (χ1n) is 8.15. The lowest BCUT2D eigenvalue weighted by atomic mass is 9.80. The molecule has 0 saturated carbocycles. The van der Waals surface area contributed by atoms with Crippen LogP contribution in [0.2, 0.25) is 0 Å². The van der Waals surface area contributed by atoms with Crippen molar-refractivity contribution >= 4 is 11.9 Å². The second kappa shape index (κ2) is 9.80. The summed E-state index contributed by atoms with van der Waals surface area (Å²) in [4.78, 5) is 22.5. The minimum absolute atomic E-state index is 0.103. The highest BCUT2D eigenvalue weighted by Crippen LogP contribution is 2.27. The highest BCUT2D eigenvalue weighted by molar-refractivity contribution is 5.76. The van der Waals surface area contributed by atoms with Crippen molar-refractivity contribution in [2.75, 3.05) is 6.54 Å². The maximum absolute atomic E-state index is 11.9. The van der Waals surface area contributed by atoms with E-state index in [-0.39, 0.29) is 17.7 Å². The van der Waals surface area contributed by atoms with Gasteiger partial charge in [0.15, 0.2) is 0 Å². The van der Waals surface area contributed by atoms with Gasteiger partial charge in [-0.2, -0.15) is 0 Å². The Morgan fingerprint density at radius 3 is 2.24 bits per heavy atom. The molecular weight excluding hydrogens is 266 g/mol. The van der Waals surface area contributed by atoms with Gasteiger partial charge in [-0.25, -0.2) is 0 Å². The molecule has 0 aliphatic heterocycles. The van der Waals surface area contributed by atoms with E-state index in [0.29, 0.717) is 31.2 Å². The van der Waals surface area contributed by atoms with Gasteiger partial charge in [-0.15, -0.1) is 0 Å². The molecule has 4 heteroatoms. The predicted molar refractivity (Wildman–Crippen MR) is 86.1 cm³/mol. The first-order valence-corrected chi connectivity index (χ1v) is 8.15. The summed E-state index contributed by atoms with van der Waals surface area (Å²) in [6, 6.07) is 0. The fraction of sp³-hybridized carbons (Fsp3) is 0.882. The molecule has 0 radical (unpaired) electrons. The van der Waals surface area contributed by atoms with Gasteiger partial charge in [-0.3, -0.25) is 9.59 Å². The standard InChI is InChI=1S/C17H33NO3/c1-6-7-14(8-9-16(20)21)10-11-18-15(19)12-13(2)17(3,4)5/h13-14H,6-12H2,1-5H3,(H,18,19)(H,20,21). The summed E-state index contributed by atoms with van der Waals surface area (Å²) >= 11 is 0. The SMILES string of the molecule is CCCC(CCNC(=O)CC(C)C(C)(C)C)CCC(=O)O. The summed E-state index contributed by atoms with van der Waals surface area (Å²) in [6.07, 6.45) is 4.44. The number of carboxylic acids is 1. The van der Waals surface area contributed by atoms with Gasteiger partial charge in [-0.1, -0.05) is 47.5 Å². The highest BCUT2D eigenvalue weighted by atomic mass is 16.4. The van der Waals surface area contributed by atoms with Crippen molar-refractivity contribution in [1.29, 1.82) is 0 Å². The summed E-state index contributed by atoms with van der Waals surface area (Å²) in [7, 11) is 0. The molecule has 0 aromatic heterocycles. The summed E-state index contributed by atoms with van der Waals surface area (Å²) in [5, 5.41) is 11.7. The summed E-state index contributed by atoms with van der Waals surface area (Å²) < 4.78 is 0. The zero-order valence-corrected chi connectivity index (χ0v) is 14.4. The van der Waals surface area contributed by atoms with E-state index in [2.05, 4.69) is 39.9 Å². The molecule has 21 heavy (non-hydrogen) atoms. The minimum Gasteiger partial charge on any atom is -0.481 e. The normalized spacial score (nSPS) is 14.5. The Balaban J connectivity index is 4.02. The van der Waals surface area contributed by atoms with E-state index in [1.54, 1.807) is 0 Å². The molecule has 0 saturated heterocycles. The third-order valence-electron chi connectivity index (χ3n) is 4.31. The van der Waals surface area contributed by atoms with Crippen LogP contribution < -0.4 is 5.32 Å². The second-order valence-corrected chi connectivity index (χ2v) is 7.20. The van der Waals surface area contributed by atoms with Gasteiger partial charge in [0.1, 0.15) is 0 Å². The Kier molecular flexibility index (Phi) is 9.31. The maximum Gasteiger partial charge on any atom is 0.303 e. The molecule has 1 amide bonds. The van der Waals surface area contributed by atoms with E-state index in [0.717, 1.165) is 19.3 Å². The van der Waals surface area contributed by atoms with Crippen LogP contribution in [0, 0.1) is 17.3 Å². The molecule has 0 aromatic rings. The largest absolute Gasteiger partial charge is 0.481 e. The van der Waals surface area contributed by atoms with Crippen molar-refractivity contribution < 1.29 is 14.7 Å². The number of hydrogen-bond donors (Lipinski definition) is 2. The minimum atomic E-state index is -0.737. The molecule has 2 N–H and O–H groups in total. The average Bonchev–Trinajstić information content (AvgIpc) is 2.34. The number of nitrogens with one attached hydrogen (secondary N) is 1. The Bertz CT molecular complexity index is 320.